The predicted molar refractivity (Wildman–Crippen MR) is 55.3 cm³/mol. The molecule has 3 heteroatoms. The topological polar surface area (TPSA) is 37.8 Å². The molecule has 0 aliphatic heterocycles. The van der Waals surface area contributed by atoms with Crippen molar-refractivity contribution < 1.29 is 0 Å². The van der Waals surface area contributed by atoms with Crippen LogP contribution in [0.4, 0.5) is 0 Å². The minimum atomic E-state index is -0.0618. The molecule has 1 heterocycles. The van der Waals surface area contributed by atoms with Gasteiger partial charge >= 0.3 is 5.69 Å². The standard InChI is InChI=1S/C11H12N2O/c1-9-4-2-3-5-10(9)8-13-7-6-12-11(13)14/h2-7H,8H2,1H3,(H,12,14). The van der Waals surface area contributed by atoms with E-state index in [9.17, 15) is 4.79 Å². The average molecular weight is 188 g/mol. The lowest BCUT2D eigenvalue weighted by Crippen LogP contribution is -2.17. The van der Waals surface area contributed by atoms with Gasteiger partial charge in [-0.15, -0.1) is 0 Å². The van der Waals surface area contributed by atoms with Gasteiger partial charge in [-0.3, -0.25) is 4.57 Å². The number of rotatable bonds is 2. The summed E-state index contributed by atoms with van der Waals surface area (Å²) in [5, 5.41) is 0. The Morgan fingerprint density at radius 2 is 2.14 bits per heavy atom. The fourth-order valence-corrected chi connectivity index (χ4v) is 1.44. The highest BCUT2D eigenvalue weighted by molar-refractivity contribution is 5.25. The van der Waals surface area contributed by atoms with Gasteiger partial charge in [-0.05, 0) is 18.1 Å². The fourth-order valence-electron chi connectivity index (χ4n) is 1.44. The van der Waals surface area contributed by atoms with Crippen LogP contribution in [0.1, 0.15) is 11.1 Å². The van der Waals surface area contributed by atoms with Crippen molar-refractivity contribution in [2.45, 2.75) is 13.5 Å². The zero-order valence-electron chi connectivity index (χ0n) is 8.03. The molecule has 0 bridgehead atoms. The van der Waals surface area contributed by atoms with Crippen molar-refractivity contribution in [3.05, 3.63) is 58.3 Å². The predicted octanol–water partition coefficient (Wildman–Crippen LogP) is 1.53. The van der Waals surface area contributed by atoms with Crippen LogP contribution in [-0.4, -0.2) is 9.55 Å². The monoisotopic (exact) mass is 188 g/mol. The maximum absolute atomic E-state index is 11.2. The van der Waals surface area contributed by atoms with Crippen molar-refractivity contribution in [2.75, 3.05) is 0 Å². The second-order valence-electron chi connectivity index (χ2n) is 3.32. The van der Waals surface area contributed by atoms with E-state index in [0.717, 1.165) is 0 Å². The van der Waals surface area contributed by atoms with Crippen molar-refractivity contribution in [2.24, 2.45) is 0 Å². The van der Waals surface area contributed by atoms with Gasteiger partial charge in [0.1, 0.15) is 0 Å². The number of aromatic nitrogens is 2. The summed E-state index contributed by atoms with van der Waals surface area (Å²) in [5.41, 5.74) is 2.32. The van der Waals surface area contributed by atoms with Crippen LogP contribution in [0.25, 0.3) is 0 Å². The fraction of sp³-hybridized carbons (Fsp3) is 0.182. The number of nitrogens with zero attached hydrogens (tertiary/aromatic N) is 1. The van der Waals surface area contributed by atoms with Crippen LogP contribution in [0.15, 0.2) is 41.5 Å². The van der Waals surface area contributed by atoms with Crippen molar-refractivity contribution >= 4 is 0 Å². The molecule has 0 saturated heterocycles. The minimum absolute atomic E-state index is 0.0618. The van der Waals surface area contributed by atoms with Gasteiger partial charge < -0.3 is 4.98 Å². The quantitative estimate of drug-likeness (QED) is 0.762. The van der Waals surface area contributed by atoms with E-state index in [-0.39, 0.29) is 5.69 Å². The first-order chi connectivity index (χ1) is 6.77. The van der Waals surface area contributed by atoms with Crippen LogP contribution in [0.3, 0.4) is 0 Å². The molecular formula is C11H12N2O. The van der Waals surface area contributed by atoms with E-state index in [1.165, 1.54) is 11.1 Å². The summed E-state index contributed by atoms with van der Waals surface area (Å²) in [6.45, 7) is 2.68. The van der Waals surface area contributed by atoms with Gasteiger partial charge in [-0.25, -0.2) is 4.79 Å². The lowest BCUT2D eigenvalue weighted by molar-refractivity contribution is 0.758. The molecule has 0 spiro atoms. The molecule has 0 atom stereocenters. The van der Waals surface area contributed by atoms with Gasteiger partial charge in [0.05, 0.1) is 6.54 Å². The first-order valence-electron chi connectivity index (χ1n) is 4.56. The van der Waals surface area contributed by atoms with Crippen molar-refractivity contribution in [1.29, 1.82) is 0 Å². The molecule has 0 radical (unpaired) electrons. The number of H-pyrrole nitrogens is 1. The molecule has 1 aromatic carbocycles. The molecule has 0 saturated carbocycles. The third kappa shape index (κ3) is 1.62. The van der Waals surface area contributed by atoms with Crippen LogP contribution in [0, 0.1) is 6.92 Å². The lowest BCUT2D eigenvalue weighted by atomic mass is 10.1. The first kappa shape index (κ1) is 8.81. The molecule has 1 aromatic heterocycles. The highest BCUT2D eigenvalue weighted by atomic mass is 16.1. The van der Waals surface area contributed by atoms with Gasteiger partial charge in [0.2, 0.25) is 0 Å². The van der Waals surface area contributed by atoms with Crippen LogP contribution in [-0.2, 0) is 6.54 Å². The van der Waals surface area contributed by atoms with Crippen LogP contribution in [0.5, 0.6) is 0 Å². The molecular weight excluding hydrogens is 176 g/mol. The number of nitrogens with one attached hydrogen (secondary N) is 1. The highest BCUT2D eigenvalue weighted by Crippen LogP contribution is 2.07. The lowest BCUT2D eigenvalue weighted by Gasteiger charge is -2.04. The maximum atomic E-state index is 11.2. The van der Waals surface area contributed by atoms with E-state index < -0.39 is 0 Å². The van der Waals surface area contributed by atoms with Gasteiger partial charge in [-0.2, -0.15) is 0 Å². The van der Waals surface area contributed by atoms with Crippen molar-refractivity contribution in [1.82, 2.24) is 9.55 Å². The molecule has 0 fully saturated rings. The molecule has 1 N–H and O–H groups in total. The summed E-state index contributed by atoms with van der Waals surface area (Å²) in [6.07, 6.45) is 3.41. The number of benzene rings is 1. The molecule has 0 aliphatic carbocycles. The Bertz CT molecular complexity index is 482. The van der Waals surface area contributed by atoms with E-state index in [1.54, 1.807) is 17.0 Å². The van der Waals surface area contributed by atoms with Gasteiger partial charge in [0.25, 0.3) is 0 Å². The van der Waals surface area contributed by atoms with E-state index in [2.05, 4.69) is 4.98 Å². The van der Waals surface area contributed by atoms with Crippen molar-refractivity contribution in [3.8, 4) is 0 Å². The van der Waals surface area contributed by atoms with Crippen molar-refractivity contribution in [3.63, 3.8) is 0 Å². The minimum Gasteiger partial charge on any atom is -0.313 e. The summed E-state index contributed by atoms with van der Waals surface area (Å²) in [6, 6.07) is 8.07. The average Bonchev–Trinajstić information content (AvgIpc) is 2.56. The van der Waals surface area contributed by atoms with Gasteiger partial charge in [0.15, 0.2) is 0 Å². The second kappa shape index (κ2) is 3.54. The Hall–Kier alpha value is -1.77. The van der Waals surface area contributed by atoms with E-state index in [1.807, 2.05) is 31.2 Å². The largest absolute Gasteiger partial charge is 0.325 e. The number of imidazole rings is 1. The van der Waals surface area contributed by atoms with E-state index in [0.29, 0.717) is 6.54 Å². The Labute approximate surface area is 82.0 Å². The molecule has 0 unspecified atom stereocenters. The summed E-state index contributed by atoms with van der Waals surface area (Å²) in [4.78, 5) is 13.9. The number of hydrogen-bond donors (Lipinski definition) is 1. The molecule has 2 aromatic rings. The number of hydrogen-bond acceptors (Lipinski definition) is 1. The molecule has 3 nitrogen and oxygen atoms in total. The maximum Gasteiger partial charge on any atom is 0.325 e. The Kier molecular flexibility index (Phi) is 2.23. The zero-order chi connectivity index (χ0) is 9.97. The number of aromatic amines is 1. The molecule has 0 amide bonds. The Balaban J connectivity index is 2.32. The van der Waals surface area contributed by atoms with Gasteiger partial charge in [-0.1, -0.05) is 24.3 Å². The number of aryl methyl sites for hydroxylation is 1. The molecule has 2 rings (SSSR count). The second-order valence-corrected chi connectivity index (χ2v) is 3.32. The van der Waals surface area contributed by atoms with Crippen LogP contribution < -0.4 is 5.69 Å². The zero-order valence-corrected chi connectivity index (χ0v) is 8.03. The Morgan fingerprint density at radius 1 is 1.36 bits per heavy atom. The summed E-state index contributed by atoms with van der Waals surface area (Å²) in [5.74, 6) is 0. The SMILES string of the molecule is Cc1ccccc1Cn1cc[nH]c1=O. The van der Waals surface area contributed by atoms with E-state index in [4.69, 9.17) is 0 Å². The Morgan fingerprint density at radius 3 is 2.79 bits per heavy atom. The third-order valence-corrected chi connectivity index (χ3v) is 2.32. The normalized spacial score (nSPS) is 10.4. The molecule has 14 heavy (non-hydrogen) atoms. The summed E-state index contributed by atoms with van der Waals surface area (Å²) >= 11 is 0. The first-order valence-corrected chi connectivity index (χ1v) is 4.56. The van der Waals surface area contributed by atoms with E-state index >= 15 is 0 Å². The van der Waals surface area contributed by atoms with Crippen LogP contribution >= 0.6 is 0 Å². The summed E-state index contributed by atoms with van der Waals surface area (Å²) < 4.78 is 1.66. The summed E-state index contributed by atoms with van der Waals surface area (Å²) in [7, 11) is 0. The van der Waals surface area contributed by atoms with Crippen LogP contribution in [0.2, 0.25) is 0 Å². The third-order valence-electron chi connectivity index (χ3n) is 2.32. The smallest absolute Gasteiger partial charge is 0.313 e. The highest BCUT2D eigenvalue weighted by Gasteiger charge is 1.99. The van der Waals surface area contributed by atoms with Gasteiger partial charge in [0, 0.05) is 12.4 Å². The molecule has 72 valence electrons. The molecule has 0 aliphatic rings.